The largest absolute Gasteiger partial charge is 0.478 e. The van der Waals surface area contributed by atoms with Gasteiger partial charge in [0.05, 0.1) is 5.57 Å². The minimum Gasteiger partial charge on any atom is -0.478 e. The van der Waals surface area contributed by atoms with Crippen LogP contribution in [0.3, 0.4) is 0 Å². The first-order valence-electron chi connectivity index (χ1n) is 5.99. The fourth-order valence-corrected chi connectivity index (χ4v) is 1.86. The van der Waals surface area contributed by atoms with Gasteiger partial charge in [0.2, 0.25) is 0 Å². The van der Waals surface area contributed by atoms with Gasteiger partial charge in [-0.05, 0) is 18.6 Å². The summed E-state index contributed by atoms with van der Waals surface area (Å²) in [5.74, 6) is -0.934. The van der Waals surface area contributed by atoms with E-state index in [1.807, 2.05) is 49.2 Å². The monoisotopic (exact) mass is 245 g/mol. The van der Waals surface area contributed by atoms with Gasteiger partial charge in [0, 0.05) is 18.4 Å². The van der Waals surface area contributed by atoms with Gasteiger partial charge in [-0.3, -0.25) is 0 Å². The SMILES string of the molecule is C=C/C(C(=O)O)=C(/CCC)N(C)c1ccccc1. The normalized spacial score (nSPS) is 11.7. The lowest BCUT2D eigenvalue weighted by molar-refractivity contribution is -0.132. The minimum absolute atomic E-state index is 0.267. The van der Waals surface area contributed by atoms with Crippen molar-refractivity contribution in [1.82, 2.24) is 0 Å². The molecule has 0 unspecified atom stereocenters. The van der Waals surface area contributed by atoms with E-state index in [0.29, 0.717) is 6.42 Å². The van der Waals surface area contributed by atoms with E-state index in [4.69, 9.17) is 0 Å². The number of carboxylic acid groups (broad SMARTS) is 1. The summed E-state index contributed by atoms with van der Waals surface area (Å²) in [7, 11) is 1.88. The van der Waals surface area contributed by atoms with Crippen LogP contribution in [0.4, 0.5) is 5.69 Å². The summed E-state index contributed by atoms with van der Waals surface area (Å²) in [5, 5.41) is 9.21. The Morgan fingerprint density at radius 1 is 1.39 bits per heavy atom. The first-order chi connectivity index (χ1) is 8.61. The lowest BCUT2D eigenvalue weighted by Gasteiger charge is -2.24. The Kier molecular flexibility index (Phi) is 5.18. The van der Waals surface area contributed by atoms with E-state index in [1.165, 1.54) is 6.08 Å². The highest BCUT2D eigenvalue weighted by atomic mass is 16.4. The van der Waals surface area contributed by atoms with Crippen molar-refractivity contribution in [3.63, 3.8) is 0 Å². The molecular formula is C15H19NO2. The number of aliphatic carboxylic acids is 1. The van der Waals surface area contributed by atoms with Gasteiger partial charge in [-0.15, -0.1) is 0 Å². The molecule has 0 radical (unpaired) electrons. The van der Waals surface area contributed by atoms with Crippen molar-refractivity contribution < 1.29 is 9.90 Å². The highest BCUT2D eigenvalue weighted by molar-refractivity contribution is 5.91. The van der Waals surface area contributed by atoms with Gasteiger partial charge in [-0.2, -0.15) is 0 Å². The quantitative estimate of drug-likeness (QED) is 0.616. The molecule has 0 amide bonds. The molecule has 0 heterocycles. The van der Waals surface area contributed by atoms with Crippen molar-refractivity contribution in [3.05, 3.63) is 54.3 Å². The third kappa shape index (κ3) is 3.23. The van der Waals surface area contributed by atoms with Crippen LogP contribution in [-0.4, -0.2) is 18.1 Å². The fraction of sp³-hybridized carbons (Fsp3) is 0.267. The Morgan fingerprint density at radius 2 is 2.00 bits per heavy atom. The number of carboxylic acids is 1. The van der Waals surface area contributed by atoms with E-state index in [-0.39, 0.29) is 5.57 Å². The predicted molar refractivity (Wildman–Crippen MR) is 74.6 cm³/mol. The number of anilines is 1. The highest BCUT2D eigenvalue weighted by Crippen LogP contribution is 2.23. The van der Waals surface area contributed by atoms with Crippen LogP contribution in [0.5, 0.6) is 0 Å². The zero-order valence-electron chi connectivity index (χ0n) is 10.9. The molecule has 96 valence electrons. The maximum absolute atomic E-state index is 11.2. The maximum Gasteiger partial charge on any atom is 0.337 e. The summed E-state index contributed by atoms with van der Waals surface area (Å²) >= 11 is 0. The summed E-state index contributed by atoms with van der Waals surface area (Å²) in [6.45, 7) is 5.63. The zero-order valence-corrected chi connectivity index (χ0v) is 10.9. The first-order valence-corrected chi connectivity index (χ1v) is 5.99. The molecule has 0 atom stereocenters. The number of carbonyl (C=O) groups is 1. The van der Waals surface area contributed by atoms with Gasteiger partial charge in [0.25, 0.3) is 0 Å². The molecule has 0 aromatic heterocycles. The van der Waals surface area contributed by atoms with Crippen LogP contribution < -0.4 is 4.90 Å². The molecule has 0 fully saturated rings. The van der Waals surface area contributed by atoms with E-state index in [1.54, 1.807) is 0 Å². The van der Waals surface area contributed by atoms with Crippen LogP contribution in [0.2, 0.25) is 0 Å². The van der Waals surface area contributed by atoms with E-state index < -0.39 is 5.97 Å². The summed E-state index contributed by atoms with van der Waals surface area (Å²) in [6, 6.07) is 9.72. The fourth-order valence-electron chi connectivity index (χ4n) is 1.86. The van der Waals surface area contributed by atoms with Crippen molar-refractivity contribution >= 4 is 11.7 Å². The van der Waals surface area contributed by atoms with Crippen LogP contribution in [0.25, 0.3) is 0 Å². The number of para-hydroxylation sites is 1. The van der Waals surface area contributed by atoms with E-state index in [0.717, 1.165) is 17.8 Å². The topological polar surface area (TPSA) is 40.5 Å². The Bertz CT molecular complexity index is 449. The standard InChI is InChI=1S/C15H19NO2/c1-4-9-14(13(5-2)15(17)18)16(3)12-10-7-6-8-11-12/h5-8,10-11H,2,4,9H2,1,3H3,(H,17,18)/b14-13+. The van der Waals surface area contributed by atoms with E-state index in [9.17, 15) is 9.90 Å². The summed E-state index contributed by atoms with van der Waals surface area (Å²) in [6.07, 6.45) is 3.00. The zero-order chi connectivity index (χ0) is 13.5. The number of hydrogen-bond acceptors (Lipinski definition) is 2. The predicted octanol–water partition coefficient (Wildman–Crippen LogP) is 3.45. The molecule has 0 saturated heterocycles. The second-order valence-corrected chi connectivity index (χ2v) is 4.01. The lowest BCUT2D eigenvalue weighted by Crippen LogP contribution is -2.20. The number of allylic oxidation sites excluding steroid dienone is 1. The molecule has 0 bridgehead atoms. The number of rotatable bonds is 6. The van der Waals surface area contributed by atoms with Crippen LogP contribution in [0.15, 0.2) is 54.3 Å². The molecule has 1 aromatic carbocycles. The highest BCUT2D eigenvalue weighted by Gasteiger charge is 2.15. The van der Waals surface area contributed by atoms with Gasteiger partial charge < -0.3 is 10.0 Å². The van der Waals surface area contributed by atoms with Crippen molar-refractivity contribution in [2.24, 2.45) is 0 Å². The van der Waals surface area contributed by atoms with Crippen molar-refractivity contribution in [2.45, 2.75) is 19.8 Å². The second-order valence-electron chi connectivity index (χ2n) is 4.01. The van der Waals surface area contributed by atoms with Gasteiger partial charge in [-0.1, -0.05) is 44.2 Å². The minimum atomic E-state index is -0.934. The van der Waals surface area contributed by atoms with Gasteiger partial charge in [-0.25, -0.2) is 4.79 Å². The Hall–Kier alpha value is -2.03. The van der Waals surface area contributed by atoms with Crippen molar-refractivity contribution in [3.8, 4) is 0 Å². The average molecular weight is 245 g/mol. The molecule has 1 N–H and O–H groups in total. The third-order valence-electron chi connectivity index (χ3n) is 2.78. The van der Waals surface area contributed by atoms with Gasteiger partial charge in [0.15, 0.2) is 0 Å². The second kappa shape index (κ2) is 6.64. The number of benzene rings is 1. The molecule has 3 heteroatoms. The van der Waals surface area contributed by atoms with Crippen molar-refractivity contribution in [1.29, 1.82) is 0 Å². The molecular weight excluding hydrogens is 226 g/mol. The third-order valence-corrected chi connectivity index (χ3v) is 2.78. The number of nitrogens with zero attached hydrogens (tertiary/aromatic N) is 1. The molecule has 0 saturated carbocycles. The number of hydrogen-bond donors (Lipinski definition) is 1. The average Bonchev–Trinajstić information content (AvgIpc) is 2.38. The molecule has 0 spiro atoms. The van der Waals surface area contributed by atoms with Crippen LogP contribution in [0.1, 0.15) is 19.8 Å². The summed E-state index contributed by atoms with van der Waals surface area (Å²) < 4.78 is 0. The molecule has 1 rings (SSSR count). The van der Waals surface area contributed by atoms with Crippen molar-refractivity contribution in [2.75, 3.05) is 11.9 Å². The lowest BCUT2D eigenvalue weighted by atomic mass is 10.1. The maximum atomic E-state index is 11.2. The van der Waals surface area contributed by atoms with Gasteiger partial charge >= 0.3 is 5.97 Å². The molecule has 0 aliphatic rings. The van der Waals surface area contributed by atoms with Crippen LogP contribution in [-0.2, 0) is 4.79 Å². The van der Waals surface area contributed by atoms with E-state index >= 15 is 0 Å². The Balaban J connectivity index is 3.20. The van der Waals surface area contributed by atoms with Crippen LogP contribution >= 0.6 is 0 Å². The molecule has 0 aliphatic carbocycles. The summed E-state index contributed by atoms with van der Waals surface area (Å²) in [4.78, 5) is 13.1. The summed E-state index contributed by atoms with van der Waals surface area (Å²) in [5.41, 5.74) is 2.02. The molecule has 3 nitrogen and oxygen atoms in total. The first kappa shape index (κ1) is 14.0. The molecule has 0 aliphatic heterocycles. The molecule has 1 aromatic rings. The Morgan fingerprint density at radius 3 is 2.44 bits per heavy atom. The Labute approximate surface area is 108 Å². The van der Waals surface area contributed by atoms with Gasteiger partial charge in [0.1, 0.15) is 0 Å². The smallest absolute Gasteiger partial charge is 0.337 e. The van der Waals surface area contributed by atoms with Crippen LogP contribution in [0, 0.1) is 0 Å². The van der Waals surface area contributed by atoms with E-state index in [2.05, 4.69) is 6.58 Å². The molecule has 18 heavy (non-hydrogen) atoms.